The molecule has 2 bridgehead atoms. The second kappa shape index (κ2) is 6.68. The third kappa shape index (κ3) is 2.82. The monoisotopic (exact) mass is 433 g/mol. The minimum absolute atomic E-state index is 0.287. The molecule has 0 saturated carbocycles. The molecule has 7 nitrogen and oxygen atoms in total. The van der Waals surface area contributed by atoms with Gasteiger partial charge in [-0.05, 0) is 36.2 Å². The zero-order chi connectivity index (χ0) is 21.4. The van der Waals surface area contributed by atoms with Gasteiger partial charge in [0.1, 0.15) is 17.0 Å². The van der Waals surface area contributed by atoms with Gasteiger partial charge in [0, 0.05) is 62.8 Å². The molecule has 4 saturated heterocycles. The predicted molar refractivity (Wildman–Crippen MR) is 120 cm³/mol. The number of oxazole rings is 1. The van der Waals surface area contributed by atoms with Crippen molar-refractivity contribution >= 4 is 33.8 Å². The van der Waals surface area contributed by atoms with Gasteiger partial charge in [-0.3, -0.25) is 0 Å². The highest BCUT2D eigenvalue weighted by Crippen LogP contribution is 2.37. The molecule has 0 spiro atoms. The lowest BCUT2D eigenvalue weighted by Crippen LogP contribution is -2.57. The minimum atomic E-state index is -0.287. The fourth-order valence-corrected chi connectivity index (χ4v) is 5.59. The Morgan fingerprint density at radius 3 is 2.78 bits per heavy atom. The van der Waals surface area contributed by atoms with Gasteiger partial charge in [0.15, 0.2) is 5.58 Å². The van der Waals surface area contributed by atoms with Crippen LogP contribution in [0.2, 0.25) is 0 Å². The van der Waals surface area contributed by atoms with Crippen molar-refractivity contribution < 1.29 is 13.5 Å². The Balaban J connectivity index is 1.15. The molecule has 0 radical (unpaired) electrons. The summed E-state index contributed by atoms with van der Waals surface area (Å²) in [5.74, 6) is 0.0515. The summed E-state index contributed by atoms with van der Waals surface area (Å²) in [4.78, 5) is 13.6. The van der Waals surface area contributed by atoms with E-state index in [4.69, 9.17) is 14.1 Å². The number of hydrogen-bond donors (Lipinski definition) is 0. The van der Waals surface area contributed by atoms with Crippen molar-refractivity contribution in [1.29, 1.82) is 0 Å². The average Bonchev–Trinajstić information content (AvgIpc) is 3.50. The van der Waals surface area contributed by atoms with Gasteiger partial charge < -0.3 is 23.5 Å². The number of fused-ring (bicyclic) bond motifs is 4. The molecule has 0 N–H and O–H groups in total. The van der Waals surface area contributed by atoms with Crippen LogP contribution in [0.5, 0.6) is 0 Å². The molecule has 0 amide bonds. The lowest BCUT2D eigenvalue weighted by molar-refractivity contribution is -0.134. The second-order valence-corrected chi connectivity index (χ2v) is 9.32. The first-order valence-electron chi connectivity index (χ1n) is 11.3. The van der Waals surface area contributed by atoms with Gasteiger partial charge in [-0.2, -0.15) is 4.98 Å². The Hall–Kier alpha value is -3.13. The number of pyridine rings is 1. The third-order valence-electron chi connectivity index (χ3n) is 7.19. The Morgan fingerprint density at radius 2 is 1.94 bits per heavy atom. The number of nitrogens with zero attached hydrogens (tertiary/aromatic N) is 5. The highest BCUT2D eigenvalue weighted by molar-refractivity contribution is 5.82. The van der Waals surface area contributed by atoms with Crippen molar-refractivity contribution in [3.63, 3.8) is 0 Å². The average molecular weight is 433 g/mol. The first kappa shape index (κ1) is 18.4. The SMILES string of the molecule is Cn1cc(C2CCN(c3ccc4oc(N5CC6CC(C5)O6)nc4c3)C2)c2cc(F)cnc21. The molecule has 4 fully saturated rings. The molecule has 0 aliphatic carbocycles. The van der Waals surface area contributed by atoms with E-state index >= 15 is 0 Å². The molecule has 7 heterocycles. The number of aryl methyl sites for hydroxylation is 1. The standard InChI is InChI=1S/C24H24FN5O2/c1-28-13-20(19-6-15(25)9-26-23(19)28)14-4-5-29(10-14)16-2-3-22-21(7-16)27-24(32-22)30-11-17-8-18(12-30)31-17/h2-3,6-7,9,13-14,17-18H,4-5,8,10-12H2,1H3. The Bertz CT molecular complexity index is 1330. The first-order chi connectivity index (χ1) is 15.6. The van der Waals surface area contributed by atoms with Crippen molar-refractivity contribution in [2.75, 3.05) is 36.0 Å². The van der Waals surface area contributed by atoms with E-state index in [0.717, 1.165) is 66.8 Å². The maximum atomic E-state index is 13.9. The fraction of sp³-hybridized carbons (Fsp3) is 0.417. The maximum absolute atomic E-state index is 13.9. The lowest BCUT2D eigenvalue weighted by Gasteiger charge is -2.46. The van der Waals surface area contributed by atoms with Crippen LogP contribution in [-0.2, 0) is 11.8 Å². The quantitative estimate of drug-likeness (QED) is 0.490. The summed E-state index contributed by atoms with van der Waals surface area (Å²) in [5.41, 5.74) is 4.85. The van der Waals surface area contributed by atoms with Crippen LogP contribution >= 0.6 is 0 Å². The molecule has 32 heavy (non-hydrogen) atoms. The van der Waals surface area contributed by atoms with Gasteiger partial charge in [-0.25, -0.2) is 9.37 Å². The molecular weight excluding hydrogens is 409 g/mol. The van der Waals surface area contributed by atoms with Crippen LogP contribution in [0, 0.1) is 5.82 Å². The predicted octanol–water partition coefficient (Wildman–Crippen LogP) is 3.83. The maximum Gasteiger partial charge on any atom is 0.298 e. The number of halogens is 1. The van der Waals surface area contributed by atoms with E-state index in [2.05, 4.69) is 33.1 Å². The molecule has 4 aliphatic heterocycles. The van der Waals surface area contributed by atoms with Crippen molar-refractivity contribution in [3.05, 3.63) is 48.0 Å². The summed E-state index contributed by atoms with van der Waals surface area (Å²) >= 11 is 0. The van der Waals surface area contributed by atoms with Crippen LogP contribution in [0.3, 0.4) is 0 Å². The van der Waals surface area contributed by atoms with E-state index in [1.54, 1.807) is 6.07 Å². The number of benzene rings is 1. The smallest absolute Gasteiger partial charge is 0.298 e. The topological polar surface area (TPSA) is 59.6 Å². The molecule has 3 unspecified atom stereocenters. The Labute approximate surface area is 184 Å². The van der Waals surface area contributed by atoms with Crippen LogP contribution in [0.1, 0.15) is 24.3 Å². The molecule has 4 aliphatic rings. The summed E-state index contributed by atoms with van der Waals surface area (Å²) < 4.78 is 27.6. The van der Waals surface area contributed by atoms with Gasteiger partial charge in [-0.15, -0.1) is 0 Å². The number of piperidine rings is 1. The van der Waals surface area contributed by atoms with Gasteiger partial charge >= 0.3 is 0 Å². The molecule has 8 heteroatoms. The number of morpholine rings is 1. The highest BCUT2D eigenvalue weighted by Gasteiger charge is 2.39. The van der Waals surface area contributed by atoms with E-state index in [-0.39, 0.29) is 5.82 Å². The second-order valence-electron chi connectivity index (χ2n) is 9.32. The van der Waals surface area contributed by atoms with Crippen molar-refractivity contribution in [1.82, 2.24) is 14.5 Å². The Kier molecular flexibility index (Phi) is 3.85. The van der Waals surface area contributed by atoms with E-state index in [1.165, 1.54) is 11.8 Å². The zero-order valence-corrected chi connectivity index (χ0v) is 17.9. The zero-order valence-electron chi connectivity index (χ0n) is 17.9. The van der Waals surface area contributed by atoms with Gasteiger partial charge in [0.05, 0.1) is 18.4 Å². The molecule has 3 aromatic heterocycles. The van der Waals surface area contributed by atoms with E-state index in [1.807, 2.05) is 17.7 Å². The number of aromatic nitrogens is 3. The largest absolute Gasteiger partial charge is 0.423 e. The highest BCUT2D eigenvalue weighted by atomic mass is 19.1. The fourth-order valence-electron chi connectivity index (χ4n) is 5.59. The normalized spacial score (nSPS) is 25.1. The summed E-state index contributed by atoms with van der Waals surface area (Å²) in [6.45, 7) is 3.54. The third-order valence-corrected chi connectivity index (χ3v) is 7.19. The van der Waals surface area contributed by atoms with Crippen molar-refractivity contribution in [2.24, 2.45) is 7.05 Å². The van der Waals surface area contributed by atoms with E-state index in [9.17, 15) is 4.39 Å². The van der Waals surface area contributed by atoms with E-state index in [0.29, 0.717) is 24.1 Å². The van der Waals surface area contributed by atoms with Crippen molar-refractivity contribution in [3.8, 4) is 0 Å². The summed E-state index contributed by atoms with van der Waals surface area (Å²) in [5, 5.41) is 0.916. The molecule has 1 aromatic carbocycles. The van der Waals surface area contributed by atoms with Crippen LogP contribution in [0.15, 0.2) is 41.1 Å². The number of ether oxygens (including phenoxy) is 1. The van der Waals surface area contributed by atoms with Crippen LogP contribution in [-0.4, -0.2) is 52.9 Å². The van der Waals surface area contributed by atoms with E-state index < -0.39 is 0 Å². The number of anilines is 2. The molecule has 4 aromatic rings. The number of hydrogen-bond acceptors (Lipinski definition) is 6. The van der Waals surface area contributed by atoms with Crippen molar-refractivity contribution in [2.45, 2.75) is 31.0 Å². The van der Waals surface area contributed by atoms with Crippen LogP contribution in [0.4, 0.5) is 16.1 Å². The van der Waals surface area contributed by atoms with Gasteiger partial charge in [-0.1, -0.05) is 0 Å². The minimum Gasteiger partial charge on any atom is -0.423 e. The molecular formula is C24H24FN5O2. The number of rotatable bonds is 3. The van der Waals surface area contributed by atoms with Crippen LogP contribution < -0.4 is 9.80 Å². The molecule has 3 atom stereocenters. The summed E-state index contributed by atoms with van der Waals surface area (Å²) in [7, 11) is 1.97. The first-order valence-corrected chi connectivity index (χ1v) is 11.3. The molecule has 164 valence electrons. The lowest BCUT2D eigenvalue weighted by atomic mass is 9.99. The summed E-state index contributed by atoms with van der Waals surface area (Å²) in [6, 6.07) is 8.56. The van der Waals surface area contributed by atoms with Gasteiger partial charge in [0.2, 0.25) is 0 Å². The van der Waals surface area contributed by atoms with Crippen LogP contribution in [0.25, 0.3) is 22.1 Å². The molecule has 8 rings (SSSR count). The summed E-state index contributed by atoms with van der Waals surface area (Å²) in [6.07, 6.45) is 6.20. The van der Waals surface area contributed by atoms with Gasteiger partial charge in [0.25, 0.3) is 6.01 Å². The Morgan fingerprint density at radius 1 is 1.09 bits per heavy atom.